The van der Waals surface area contributed by atoms with Crippen LogP contribution in [0, 0.1) is 0 Å². The van der Waals surface area contributed by atoms with Crippen molar-refractivity contribution in [3.63, 3.8) is 0 Å². The molecule has 0 aliphatic carbocycles. The molecule has 0 aromatic heterocycles. The standard InChI is InChI=1S/C21H20O/c1-2-4-18(22)13-17-10-9-16-8-7-14-5-3-6-15-11-12-19(17)21(16)20(14)15/h3,5-12,18,22H,2,4,13H2,1H3. The molecule has 4 rings (SSSR count). The van der Waals surface area contributed by atoms with Crippen LogP contribution in [0.1, 0.15) is 25.3 Å². The lowest BCUT2D eigenvalue weighted by atomic mass is 9.90. The number of hydrogen-bond donors (Lipinski definition) is 1. The molecule has 1 nitrogen and oxygen atoms in total. The highest BCUT2D eigenvalue weighted by Gasteiger charge is 2.12. The van der Waals surface area contributed by atoms with Gasteiger partial charge in [0.1, 0.15) is 0 Å². The van der Waals surface area contributed by atoms with Gasteiger partial charge in [0.2, 0.25) is 0 Å². The van der Waals surface area contributed by atoms with Crippen LogP contribution in [-0.4, -0.2) is 11.2 Å². The summed E-state index contributed by atoms with van der Waals surface area (Å²) < 4.78 is 0. The quantitative estimate of drug-likeness (QED) is 0.506. The van der Waals surface area contributed by atoms with Gasteiger partial charge in [0.25, 0.3) is 0 Å². The van der Waals surface area contributed by atoms with Crippen LogP contribution < -0.4 is 0 Å². The molecule has 1 unspecified atom stereocenters. The van der Waals surface area contributed by atoms with Gasteiger partial charge < -0.3 is 5.11 Å². The van der Waals surface area contributed by atoms with Crippen LogP contribution in [0.3, 0.4) is 0 Å². The molecule has 0 heterocycles. The minimum atomic E-state index is -0.247. The summed E-state index contributed by atoms with van der Waals surface area (Å²) in [6, 6.07) is 19.7. The lowest BCUT2D eigenvalue weighted by Crippen LogP contribution is -2.10. The number of hydrogen-bond acceptors (Lipinski definition) is 1. The SMILES string of the molecule is CCCC(O)Cc1ccc2ccc3cccc4ccc1c2c34. The van der Waals surface area contributed by atoms with E-state index >= 15 is 0 Å². The largest absolute Gasteiger partial charge is 0.393 e. The fraction of sp³-hybridized carbons (Fsp3) is 0.238. The Balaban J connectivity index is 2.00. The van der Waals surface area contributed by atoms with Gasteiger partial charge in [0, 0.05) is 0 Å². The van der Waals surface area contributed by atoms with Crippen molar-refractivity contribution in [1.82, 2.24) is 0 Å². The van der Waals surface area contributed by atoms with E-state index in [2.05, 4.69) is 61.5 Å². The van der Waals surface area contributed by atoms with Crippen LogP contribution in [0.2, 0.25) is 0 Å². The summed E-state index contributed by atoms with van der Waals surface area (Å²) >= 11 is 0. The molecule has 0 amide bonds. The first-order valence-electron chi connectivity index (χ1n) is 8.11. The average molecular weight is 288 g/mol. The summed E-state index contributed by atoms with van der Waals surface area (Å²) in [7, 11) is 0. The topological polar surface area (TPSA) is 20.2 Å². The van der Waals surface area contributed by atoms with E-state index in [1.54, 1.807) is 0 Å². The predicted octanol–water partition coefficient (Wildman–Crippen LogP) is 5.29. The Bertz CT molecular complexity index is 923. The van der Waals surface area contributed by atoms with Crippen molar-refractivity contribution in [2.45, 2.75) is 32.3 Å². The van der Waals surface area contributed by atoms with E-state index in [9.17, 15) is 5.11 Å². The smallest absolute Gasteiger partial charge is 0.0580 e. The number of aliphatic hydroxyl groups excluding tert-OH is 1. The molecule has 110 valence electrons. The molecule has 22 heavy (non-hydrogen) atoms. The van der Waals surface area contributed by atoms with E-state index in [-0.39, 0.29) is 6.10 Å². The second-order valence-corrected chi connectivity index (χ2v) is 6.23. The molecule has 0 fully saturated rings. The highest BCUT2D eigenvalue weighted by atomic mass is 16.3. The predicted molar refractivity (Wildman–Crippen MR) is 94.8 cm³/mol. The molecule has 0 aliphatic heterocycles. The maximum Gasteiger partial charge on any atom is 0.0580 e. The second-order valence-electron chi connectivity index (χ2n) is 6.23. The molecular weight excluding hydrogens is 268 g/mol. The summed E-state index contributed by atoms with van der Waals surface area (Å²) in [6.07, 6.45) is 2.38. The van der Waals surface area contributed by atoms with Crippen LogP contribution in [0.5, 0.6) is 0 Å². The van der Waals surface area contributed by atoms with Crippen molar-refractivity contribution in [1.29, 1.82) is 0 Å². The summed E-state index contributed by atoms with van der Waals surface area (Å²) in [5.41, 5.74) is 1.26. The summed E-state index contributed by atoms with van der Waals surface area (Å²) in [4.78, 5) is 0. The number of aliphatic hydroxyl groups is 1. The summed E-state index contributed by atoms with van der Waals surface area (Å²) in [5, 5.41) is 18.1. The van der Waals surface area contributed by atoms with Crippen molar-refractivity contribution < 1.29 is 5.11 Å². The average Bonchev–Trinajstić information content (AvgIpc) is 2.54. The Hall–Kier alpha value is -2.12. The second kappa shape index (κ2) is 5.26. The van der Waals surface area contributed by atoms with E-state index in [1.807, 2.05) is 0 Å². The molecule has 0 spiro atoms. The van der Waals surface area contributed by atoms with Gasteiger partial charge in [-0.15, -0.1) is 0 Å². The van der Waals surface area contributed by atoms with Crippen molar-refractivity contribution in [3.05, 3.63) is 60.2 Å². The Morgan fingerprint density at radius 1 is 0.818 bits per heavy atom. The van der Waals surface area contributed by atoms with E-state index in [0.29, 0.717) is 0 Å². The van der Waals surface area contributed by atoms with Gasteiger partial charge in [-0.05, 0) is 50.7 Å². The van der Waals surface area contributed by atoms with Crippen LogP contribution in [0.15, 0.2) is 54.6 Å². The maximum atomic E-state index is 10.2. The first kappa shape index (κ1) is 13.5. The zero-order valence-electron chi connectivity index (χ0n) is 12.8. The molecule has 1 N–H and O–H groups in total. The van der Waals surface area contributed by atoms with E-state index in [0.717, 1.165) is 19.3 Å². The number of benzene rings is 4. The van der Waals surface area contributed by atoms with Gasteiger partial charge in [-0.2, -0.15) is 0 Å². The van der Waals surface area contributed by atoms with Crippen LogP contribution in [-0.2, 0) is 6.42 Å². The fourth-order valence-electron chi connectivity index (χ4n) is 3.66. The monoisotopic (exact) mass is 288 g/mol. The molecule has 0 saturated heterocycles. The molecule has 0 saturated carbocycles. The van der Waals surface area contributed by atoms with Crippen molar-refractivity contribution in [2.75, 3.05) is 0 Å². The van der Waals surface area contributed by atoms with Crippen LogP contribution in [0.4, 0.5) is 0 Å². The number of rotatable bonds is 4. The van der Waals surface area contributed by atoms with E-state index in [4.69, 9.17) is 0 Å². The van der Waals surface area contributed by atoms with Crippen molar-refractivity contribution >= 4 is 32.3 Å². The van der Waals surface area contributed by atoms with Gasteiger partial charge in [0.05, 0.1) is 6.10 Å². The zero-order valence-corrected chi connectivity index (χ0v) is 12.8. The Labute approximate surface area is 130 Å². The van der Waals surface area contributed by atoms with Crippen molar-refractivity contribution in [3.8, 4) is 0 Å². The highest BCUT2D eigenvalue weighted by Crippen LogP contribution is 2.36. The van der Waals surface area contributed by atoms with E-state index < -0.39 is 0 Å². The van der Waals surface area contributed by atoms with Gasteiger partial charge >= 0.3 is 0 Å². The minimum absolute atomic E-state index is 0.247. The Morgan fingerprint density at radius 2 is 1.45 bits per heavy atom. The Kier molecular flexibility index (Phi) is 3.24. The summed E-state index contributed by atoms with van der Waals surface area (Å²) in [5.74, 6) is 0. The van der Waals surface area contributed by atoms with Crippen LogP contribution >= 0.6 is 0 Å². The molecule has 1 heteroatoms. The molecular formula is C21H20O. The third-order valence-corrected chi connectivity index (χ3v) is 4.70. The van der Waals surface area contributed by atoms with E-state index in [1.165, 1.54) is 37.9 Å². The highest BCUT2D eigenvalue weighted by molar-refractivity contribution is 6.23. The minimum Gasteiger partial charge on any atom is -0.393 e. The van der Waals surface area contributed by atoms with Gasteiger partial charge in [-0.25, -0.2) is 0 Å². The third kappa shape index (κ3) is 2.05. The normalized spacial score (nSPS) is 13.4. The molecule has 0 radical (unpaired) electrons. The fourth-order valence-corrected chi connectivity index (χ4v) is 3.66. The molecule has 0 aliphatic rings. The first-order chi connectivity index (χ1) is 10.8. The van der Waals surface area contributed by atoms with Gasteiger partial charge in [-0.1, -0.05) is 67.9 Å². The van der Waals surface area contributed by atoms with Gasteiger partial charge in [-0.3, -0.25) is 0 Å². The van der Waals surface area contributed by atoms with Crippen molar-refractivity contribution in [2.24, 2.45) is 0 Å². The van der Waals surface area contributed by atoms with Crippen LogP contribution in [0.25, 0.3) is 32.3 Å². The third-order valence-electron chi connectivity index (χ3n) is 4.70. The Morgan fingerprint density at radius 3 is 2.18 bits per heavy atom. The lowest BCUT2D eigenvalue weighted by molar-refractivity contribution is 0.164. The molecule has 4 aromatic rings. The maximum absolute atomic E-state index is 10.2. The zero-order chi connectivity index (χ0) is 15.1. The van der Waals surface area contributed by atoms with Gasteiger partial charge in [0.15, 0.2) is 0 Å². The molecule has 0 bridgehead atoms. The summed E-state index contributed by atoms with van der Waals surface area (Å²) in [6.45, 7) is 2.12. The first-order valence-corrected chi connectivity index (χ1v) is 8.11. The molecule has 4 aromatic carbocycles. The lowest BCUT2D eigenvalue weighted by Gasteiger charge is -2.15. The molecule has 1 atom stereocenters.